The molecule has 2 rings (SSSR count). The molecule has 1 aliphatic heterocycles. The number of nitrogens with zero attached hydrogens (tertiary/aromatic N) is 2. The van der Waals surface area contributed by atoms with E-state index in [4.69, 9.17) is 0 Å². The van der Waals surface area contributed by atoms with E-state index in [1.165, 1.54) is 5.57 Å². The SMILES string of the molecule is CCc1cccc(C2=CCN(C=O)CC2)n1. The van der Waals surface area contributed by atoms with E-state index in [1.807, 2.05) is 18.2 Å². The van der Waals surface area contributed by atoms with Crippen molar-refractivity contribution in [1.29, 1.82) is 0 Å². The second kappa shape index (κ2) is 4.92. The first kappa shape index (κ1) is 10.9. The van der Waals surface area contributed by atoms with Crippen LogP contribution in [0.5, 0.6) is 0 Å². The third kappa shape index (κ3) is 2.30. The Labute approximate surface area is 95.8 Å². The first-order chi connectivity index (χ1) is 7.83. The van der Waals surface area contributed by atoms with Gasteiger partial charge in [0.15, 0.2) is 0 Å². The highest BCUT2D eigenvalue weighted by atomic mass is 16.1. The van der Waals surface area contributed by atoms with Crippen LogP contribution in [0.3, 0.4) is 0 Å². The largest absolute Gasteiger partial charge is 0.341 e. The molecule has 0 saturated carbocycles. The number of amides is 1. The minimum atomic E-state index is 0.705. The van der Waals surface area contributed by atoms with Crippen molar-refractivity contribution >= 4 is 12.0 Å². The predicted octanol–water partition coefficient (Wildman–Crippen LogP) is 1.89. The van der Waals surface area contributed by atoms with Gasteiger partial charge in [0.2, 0.25) is 6.41 Å². The summed E-state index contributed by atoms with van der Waals surface area (Å²) in [6.07, 6.45) is 4.86. The average Bonchev–Trinajstić information content (AvgIpc) is 2.39. The summed E-state index contributed by atoms with van der Waals surface area (Å²) in [6, 6.07) is 6.14. The average molecular weight is 216 g/mol. The maximum Gasteiger partial charge on any atom is 0.209 e. The predicted molar refractivity (Wildman–Crippen MR) is 63.8 cm³/mol. The second-order valence-corrected chi connectivity index (χ2v) is 3.95. The van der Waals surface area contributed by atoms with E-state index in [-0.39, 0.29) is 0 Å². The molecule has 0 unspecified atom stereocenters. The van der Waals surface area contributed by atoms with Gasteiger partial charge in [0.05, 0.1) is 5.69 Å². The Hall–Kier alpha value is -1.64. The molecule has 0 spiro atoms. The molecule has 0 aliphatic carbocycles. The number of hydrogen-bond acceptors (Lipinski definition) is 2. The second-order valence-electron chi connectivity index (χ2n) is 3.95. The lowest BCUT2D eigenvalue weighted by Crippen LogP contribution is -2.26. The van der Waals surface area contributed by atoms with Gasteiger partial charge in [-0.2, -0.15) is 0 Å². The van der Waals surface area contributed by atoms with Crippen LogP contribution in [0.15, 0.2) is 24.3 Å². The van der Waals surface area contributed by atoms with E-state index in [2.05, 4.69) is 18.0 Å². The quantitative estimate of drug-likeness (QED) is 0.723. The molecule has 3 nitrogen and oxygen atoms in total. The van der Waals surface area contributed by atoms with Crippen LogP contribution in [-0.4, -0.2) is 29.4 Å². The minimum Gasteiger partial charge on any atom is -0.341 e. The molecule has 0 bridgehead atoms. The molecule has 16 heavy (non-hydrogen) atoms. The monoisotopic (exact) mass is 216 g/mol. The Morgan fingerprint density at radius 2 is 2.38 bits per heavy atom. The highest BCUT2D eigenvalue weighted by molar-refractivity contribution is 5.65. The summed E-state index contributed by atoms with van der Waals surface area (Å²) in [5.41, 5.74) is 3.44. The van der Waals surface area contributed by atoms with Gasteiger partial charge < -0.3 is 4.90 Å². The third-order valence-electron chi connectivity index (χ3n) is 2.89. The first-order valence-electron chi connectivity index (χ1n) is 5.68. The lowest BCUT2D eigenvalue weighted by molar-refractivity contribution is -0.117. The summed E-state index contributed by atoms with van der Waals surface area (Å²) in [7, 11) is 0. The number of aryl methyl sites for hydroxylation is 1. The van der Waals surface area contributed by atoms with E-state index in [0.717, 1.165) is 37.2 Å². The fourth-order valence-electron chi connectivity index (χ4n) is 1.87. The first-order valence-corrected chi connectivity index (χ1v) is 5.68. The van der Waals surface area contributed by atoms with Crippen LogP contribution in [0.4, 0.5) is 0 Å². The van der Waals surface area contributed by atoms with Gasteiger partial charge in [-0.25, -0.2) is 0 Å². The maximum absolute atomic E-state index is 10.6. The fraction of sp³-hybridized carbons (Fsp3) is 0.385. The van der Waals surface area contributed by atoms with Crippen molar-refractivity contribution in [2.75, 3.05) is 13.1 Å². The number of rotatable bonds is 3. The lowest BCUT2D eigenvalue weighted by atomic mass is 10.0. The molecule has 0 fully saturated rings. The Bertz CT molecular complexity index is 412. The third-order valence-corrected chi connectivity index (χ3v) is 2.89. The summed E-state index contributed by atoms with van der Waals surface area (Å²) >= 11 is 0. The molecule has 0 saturated heterocycles. The van der Waals surface area contributed by atoms with Crippen LogP contribution in [0, 0.1) is 0 Å². The van der Waals surface area contributed by atoms with Gasteiger partial charge in [0.1, 0.15) is 0 Å². The van der Waals surface area contributed by atoms with Gasteiger partial charge in [-0.1, -0.05) is 19.1 Å². The van der Waals surface area contributed by atoms with Crippen molar-refractivity contribution in [3.05, 3.63) is 35.7 Å². The zero-order chi connectivity index (χ0) is 11.4. The van der Waals surface area contributed by atoms with E-state index in [9.17, 15) is 4.79 Å². The number of carbonyl (C=O) groups is 1. The van der Waals surface area contributed by atoms with Crippen molar-refractivity contribution in [3.63, 3.8) is 0 Å². The van der Waals surface area contributed by atoms with Gasteiger partial charge in [-0.05, 0) is 30.5 Å². The van der Waals surface area contributed by atoms with Gasteiger partial charge in [0.25, 0.3) is 0 Å². The molecule has 1 amide bonds. The Morgan fingerprint density at radius 1 is 1.50 bits per heavy atom. The highest BCUT2D eigenvalue weighted by Crippen LogP contribution is 2.20. The van der Waals surface area contributed by atoms with Crippen LogP contribution >= 0.6 is 0 Å². The number of aromatic nitrogens is 1. The molecule has 84 valence electrons. The zero-order valence-electron chi connectivity index (χ0n) is 9.52. The van der Waals surface area contributed by atoms with Crippen LogP contribution in [0.2, 0.25) is 0 Å². The van der Waals surface area contributed by atoms with Crippen molar-refractivity contribution < 1.29 is 4.79 Å². The Morgan fingerprint density at radius 3 is 3.00 bits per heavy atom. The smallest absolute Gasteiger partial charge is 0.209 e. The molecule has 0 aromatic carbocycles. The Balaban J connectivity index is 2.18. The summed E-state index contributed by atoms with van der Waals surface area (Å²) in [5.74, 6) is 0. The molecule has 2 heterocycles. The summed E-state index contributed by atoms with van der Waals surface area (Å²) in [4.78, 5) is 16.9. The highest BCUT2D eigenvalue weighted by Gasteiger charge is 2.11. The minimum absolute atomic E-state index is 0.705. The summed E-state index contributed by atoms with van der Waals surface area (Å²) in [6.45, 7) is 3.61. The van der Waals surface area contributed by atoms with Crippen LogP contribution in [0.25, 0.3) is 5.57 Å². The number of hydrogen-bond donors (Lipinski definition) is 0. The number of pyridine rings is 1. The van der Waals surface area contributed by atoms with Crippen molar-refractivity contribution in [2.45, 2.75) is 19.8 Å². The van der Waals surface area contributed by atoms with Crippen LogP contribution in [0.1, 0.15) is 24.7 Å². The van der Waals surface area contributed by atoms with Crippen LogP contribution < -0.4 is 0 Å². The standard InChI is InChI=1S/C13H16N2O/c1-2-12-4-3-5-13(14-12)11-6-8-15(10-16)9-7-11/h3-6,10H,2,7-9H2,1H3. The van der Waals surface area contributed by atoms with Gasteiger partial charge in [-0.15, -0.1) is 0 Å². The van der Waals surface area contributed by atoms with E-state index < -0.39 is 0 Å². The molecule has 1 aromatic heterocycles. The van der Waals surface area contributed by atoms with Gasteiger partial charge in [-0.3, -0.25) is 9.78 Å². The number of carbonyl (C=O) groups excluding carboxylic acids is 1. The van der Waals surface area contributed by atoms with Crippen LogP contribution in [-0.2, 0) is 11.2 Å². The lowest BCUT2D eigenvalue weighted by Gasteiger charge is -2.22. The molecule has 0 atom stereocenters. The van der Waals surface area contributed by atoms with Gasteiger partial charge >= 0.3 is 0 Å². The Kier molecular flexibility index (Phi) is 3.34. The van der Waals surface area contributed by atoms with E-state index >= 15 is 0 Å². The van der Waals surface area contributed by atoms with Crippen molar-refractivity contribution in [2.24, 2.45) is 0 Å². The molecule has 3 heteroatoms. The topological polar surface area (TPSA) is 33.2 Å². The van der Waals surface area contributed by atoms with Crippen molar-refractivity contribution in [3.8, 4) is 0 Å². The van der Waals surface area contributed by atoms with E-state index in [0.29, 0.717) is 6.54 Å². The summed E-state index contributed by atoms with van der Waals surface area (Å²) in [5, 5.41) is 0. The molecular formula is C13H16N2O. The normalized spacial score (nSPS) is 15.8. The van der Waals surface area contributed by atoms with Gasteiger partial charge in [0, 0.05) is 18.8 Å². The fourth-order valence-corrected chi connectivity index (χ4v) is 1.87. The molecule has 1 aromatic rings. The molecule has 0 N–H and O–H groups in total. The van der Waals surface area contributed by atoms with Crippen molar-refractivity contribution in [1.82, 2.24) is 9.88 Å². The maximum atomic E-state index is 10.6. The molecular weight excluding hydrogens is 200 g/mol. The molecule has 1 aliphatic rings. The van der Waals surface area contributed by atoms with E-state index in [1.54, 1.807) is 4.90 Å². The summed E-state index contributed by atoms with van der Waals surface area (Å²) < 4.78 is 0. The zero-order valence-corrected chi connectivity index (χ0v) is 9.52. The molecule has 0 radical (unpaired) electrons.